The quantitative estimate of drug-likeness (QED) is 0.807. The second-order valence-corrected chi connectivity index (χ2v) is 5.64. The van der Waals surface area contributed by atoms with E-state index < -0.39 is 0 Å². The number of nitriles is 1. The number of rotatable bonds is 1. The normalized spacial score (nSPS) is 12.7. The minimum Gasteiger partial charge on any atom is -0.301 e. The fraction of sp³-hybridized carbons (Fsp3) is 0.0769. The first-order chi connectivity index (χ1) is 9.02. The van der Waals surface area contributed by atoms with Crippen molar-refractivity contribution in [3.8, 4) is 6.07 Å². The van der Waals surface area contributed by atoms with Gasteiger partial charge in [0.2, 0.25) is 0 Å². The molecular weight excluding hydrogens is 303 g/mol. The van der Waals surface area contributed by atoms with E-state index in [-0.39, 0.29) is 5.56 Å². The molecule has 96 valence electrons. The topological polar surface area (TPSA) is 45.8 Å². The summed E-state index contributed by atoms with van der Waals surface area (Å²) in [5, 5.41) is 9.55. The highest BCUT2D eigenvalue weighted by atomic mass is 35.5. The maximum Gasteiger partial charge on any atom is 0.268 e. The molecule has 2 rings (SSSR count). The molecule has 0 spiro atoms. The molecule has 1 heterocycles. The van der Waals surface area contributed by atoms with Gasteiger partial charge in [-0.25, -0.2) is 0 Å². The number of halogens is 2. The van der Waals surface area contributed by atoms with Crippen LogP contribution in [0.5, 0.6) is 0 Å². The average Bonchev–Trinajstić information content (AvgIpc) is 2.63. The largest absolute Gasteiger partial charge is 0.301 e. The molecule has 19 heavy (non-hydrogen) atoms. The Morgan fingerprint density at radius 1 is 1.37 bits per heavy atom. The summed E-state index contributed by atoms with van der Waals surface area (Å²) < 4.78 is 2.60. The highest BCUT2D eigenvalue weighted by Gasteiger charge is 2.01. The second-order valence-electron chi connectivity index (χ2n) is 3.76. The summed E-state index contributed by atoms with van der Waals surface area (Å²) in [6.07, 6.45) is 3.07. The highest BCUT2D eigenvalue weighted by Crippen LogP contribution is 2.22. The van der Waals surface area contributed by atoms with Crippen molar-refractivity contribution in [2.45, 2.75) is 0 Å². The van der Waals surface area contributed by atoms with E-state index >= 15 is 0 Å². The summed E-state index contributed by atoms with van der Waals surface area (Å²) >= 11 is 13.0. The van der Waals surface area contributed by atoms with Gasteiger partial charge in [-0.3, -0.25) is 4.79 Å². The van der Waals surface area contributed by atoms with Crippen molar-refractivity contribution >= 4 is 46.7 Å². The molecule has 6 heteroatoms. The number of nitrogens with zero attached hydrogens (tertiary/aromatic N) is 2. The summed E-state index contributed by atoms with van der Waals surface area (Å²) in [5.74, 6) is 0. The molecule has 1 aromatic carbocycles. The molecule has 0 aliphatic heterocycles. The summed E-state index contributed by atoms with van der Waals surface area (Å²) in [6.45, 7) is 0. The SMILES string of the molecule is Cn1c(=O)/c(=C\c2ccc(Cl)c(Cl)c2)s/c1=C\C#N. The summed E-state index contributed by atoms with van der Waals surface area (Å²) in [5.41, 5.74) is 0.648. The molecule has 0 aliphatic rings. The third-order valence-electron chi connectivity index (χ3n) is 2.49. The Morgan fingerprint density at radius 2 is 2.11 bits per heavy atom. The van der Waals surface area contributed by atoms with Crippen molar-refractivity contribution < 1.29 is 0 Å². The van der Waals surface area contributed by atoms with Crippen LogP contribution in [0, 0.1) is 11.3 Å². The molecular formula is C13H8Cl2N2OS. The Bertz CT molecular complexity index is 843. The smallest absolute Gasteiger partial charge is 0.268 e. The summed E-state index contributed by atoms with van der Waals surface area (Å²) in [4.78, 5) is 12.0. The molecule has 0 fully saturated rings. The fourth-order valence-electron chi connectivity index (χ4n) is 1.52. The Morgan fingerprint density at radius 3 is 2.74 bits per heavy atom. The van der Waals surface area contributed by atoms with E-state index in [0.717, 1.165) is 5.56 Å². The van der Waals surface area contributed by atoms with Crippen LogP contribution in [0.4, 0.5) is 0 Å². The minimum absolute atomic E-state index is 0.141. The molecule has 2 aromatic rings. The van der Waals surface area contributed by atoms with Crippen molar-refractivity contribution in [2.24, 2.45) is 7.05 Å². The zero-order chi connectivity index (χ0) is 14.0. The lowest BCUT2D eigenvalue weighted by molar-refractivity contribution is 0.857. The van der Waals surface area contributed by atoms with Gasteiger partial charge in [-0.2, -0.15) is 5.26 Å². The van der Waals surface area contributed by atoms with Crippen LogP contribution in [0.1, 0.15) is 5.56 Å². The zero-order valence-electron chi connectivity index (χ0n) is 9.85. The molecule has 0 bridgehead atoms. The monoisotopic (exact) mass is 310 g/mol. The van der Waals surface area contributed by atoms with E-state index in [2.05, 4.69) is 0 Å². The third kappa shape index (κ3) is 2.90. The Labute approximate surface area is 123 Å². The van der Waals surface area contributed by atoms with Gasteiger partial charge in [0.05, 0.1) is 20.6 Å². The van der Waals surface area contributed by atoms with Crippen molar-refractivity contribution in [3.05, 3.63) is 53.4 Å². The van der Waals surface area contributed by atoms with E-state index in [0.29, 0.717) is 19.2 Å². The predicted octanol–water partition coefficient (Wildman–Crippen LogP) is 1.89. The Hall–Kier alpha value is -1.54. The van der Waals surface area contributed by atoms with Crippen LogP contribution in [-0.4, -0.2) is 4.57 Å². The molecule has 0 atom stereocenters. The number of hydrogen-bond acceptors (Lipinski definition) is 3. The second kappa shape index (κ2) is 5.62. The van der Waals surface area contributed by atoms with Gasteiger partial charge < -0.3 is 4.57 Å². The molecule has 0 unspecified atom stereocenters. The fourth-order valence-corrected chi connectivity index (χ4v) is 2.80. The summed E-state index contributed by atoms with van der Waals surface area (Å²) in [7, 11) is 1.63. The minimum atomic E-state index is -0.141. The van der Waals surface area contributed by atoms with Crippen molar-refractivity contribution in [3.63, 3.8) is 0 Å². The van der Waals surface area contributed by atoms with Gasteiger partial charge in [0.1, 0.15) is 4.66 Å². The van der Waals surface area contributed by atoms with Crippen molar-refractivity contribution in [1.29, 1.82) is 5.26 Å². The number of thiazole rings is 1. The lowest BCUT2D eigenvalue weighted by Crippen LogP contribution is -2.28. The van der Waals surface area contributed by atoms with Gasteiger partial charge in [0.15, 0.2) is 0 Å². The number of hydrogen-bond donors (Lipinski definition) is 0. The van der Waals surface area contributed by atoms with Gasteiger partial charge in [-0.15, -0.1) is 11.3 Å². The first-order valence-corrected chi connectivity index (χ1v) is 6.82. The number of benzene rings is 1. The Balaban J connectivity index is 2.66. The zero-order valence-corrected chi connectivity index (χ0v) is 12.2. The van der Waals surface area contributed by atoms with Crippen LogP contribution in [0.25, 0.3) is 12.2 Å². The molecule has 0 N–H and O–H groups in total. The average molecular weight is 311 g/mol. The van der Waals surface area contributed by atoms with Crippen LogP contribution in [0.2, 0.25) is 10.0 Å². The van der Waals surface area contributed by atoms with E-state index in [1.165, 1.54) is 22.0 Å². The maximum absolute atomic E-state index is 12.0. The van der Waals surface area contributed by atoms with Crippen LogP contribution in [-0.2, 0) is 7.05 Å². The molecule has 0 amide bonds. The van der Waals surface area contributed by atoms with Gasteiger partial charge in [-0.1, -0.05) is 29.3 Å². The molecule has 0 radical (unpaired) electrons. The van der Waals surface area contributed by atoms with E-state index in [1.54, 1.807) is 31.3 Å². The maximum atomic E-state index is 12.0. The lowest BCUT2D eigenvalue weighted by Gasteiger charge is -1.96. The van der Waals surface area contributed by atoms with Gasteiger partial charge >= 0.3 is 0 Å². The van der Waals surface area contributed by atoms with E-state index in [1.807, 2.05) is 6.07 Å². The molecule has 3 nitrogen and oxygen atoms in total. The van der Waals surface area contributed by atoms with Crippen LogP contribution < -0.4 is 14.8 Å². The van der Waals surface area contributed by atoms with Crippen LogP contribution in [0.15, 0.2) is 23.0 Å². The summed E-state index contributed by atoms with van der Waals surface area (Å²) in [6, 6.07) is 7.07. The first kappa shape index (κ1) is 13.9. The van der Waals surface area contributed by atoms with E-state index in [4.69, 9.17) is 28.5 Å². The molecule has 1 aromatic heterocycles. The first-order valence-electron chi connectivity index (χ1n) is 5.25. The van der Waals surface area contributed by atoms with Crippen LogP contribution >= 0.6 is 34.5 Å². The number of aromatic nitrogens is 1. The van der Waals surface area contributed by atoms with Gasteiger partial charge in [0, 0.05) is 13.1 Å². The third-order valence-corrected chi connectivity index (χ3v) is 4.34. The standard InChI is InChI=1S/C13H8Cl2N2OS/c1-17-12(4-5-16)19-11(13(17)18)7-8-2-3-9(14)10(15)6-8/h2-4,6-7H,1H3/b11-7+,12-4-. The molecule has 0 aliphatic carbocycles. The molecule has 0 saturated carbocycles. The van der Waals surface area contributed by atoms with Crippen molar-refractivity contribution in [1.82, 2.24) is 4.57 Å². The van der Waals surface area contributed by atoms with Crippen LogP contribution in [0.3, 0.4) is 0 Å². The Kier molecular flexibility index (Phi) is 4.11. The van der Waals surface area contributed by atoms with Gasteiger partial charge in [-0.05, 0) is 23.8 Å². The molecule has 0 saturated heterocycles. The highest BCUT2D eigenvalue weighted by molar-refractivity contribution is 7.07. The predicted molar refractivity (Wildman–Crippen MR) is 78.9 cm³/mol. The van der Waals surface area contributed by atoms with Crippen molar-refractivity contribution in [2.75, 3.05) is 0 Å². The van der Waals surface area contributed by atoms with E-state index in [9.17, 15) is 4.79 Å². The van der Waals surface area contributed by atoms with Gasteiger partial charge in [0.25, 0.3) is 5.56 Å². The lowest BCUT2D eigenvalue weighted by atomic mass is 10.2.